The van der Waals surface area contributed by atoms with Gasteiger partial charge in [0.15, 0.2) is 5.65 Å². The molecule has 1 fully saturated rings. The van der Waals surface area contributed by atoms with Crippen molar-refractivity contribution in [2.24, 2.45) is 0 Å². The lowest BCUT2D eigenvalue weighted by Gasteiger charge is -2.27. The number of aliphatic hydroxyl groups is 2. The maximum absolute atomic E-state index is 14.0. The molecule has 1 aliphatic carbocycles. The van der Waals surface area contributed by atoms with E-state index in [2.05, 4.69) is 15.3 Å². The number of hydrogen-bond acceptors (Lipinski definition) is 7. The molecule has 0 aliphatic heterocycles. The number of hydrogen-bond donors (Lipinski definition) is 5. The maximum Gasteiger partial charge on any atom is 0.295 e. The minimum atomic E-state index is -3.34. The van der Waals surface area contributed by atoms with Gasteiger partial charge in [0.05, 0.1) is 17.8 Å². The Kier molecular flexibility index (Phi) is 6.95. The normalized spacial score (nSPS) is 19.5. The van der Waals surface area contributed by atoms with Crippen molar-refractivity contribution in [3.63, 3.8) is 0 Å². The van der Waals surface area contributed by atoms with E-state index in [1.165, 1.54) is 22.8 Å². The molecular weight excluding hydrogens is 454 g/mol. The van der Waals surface area contributed by atoms with Crippen LogP contribution in [0, 0.1) is 17.7 Å². The van der Waals surface area contributed by atoms with Gasteiger partial charge in [-0.3, -0.25) is 15.4 Å². The third kappa shape index (κ3) is 4.94. The van der Waals surface area contributed by atoms with Crippen LogP contribution in [-0.4, -0.2) is 43.8 Å². The summed E-state index contributed by atoms with van der Waals surface area (Å²) in [6.07, 6.45) is 3.55. The van der Waals surface area contributed by atoms with Crippen LogP contribution in [0.5, 0.6) is 0 Å². The highest BCUT2D eigenvalue weighted by Gasteiger charge is 2.31. The first-order valence-electron chi connectivity index (χ1n) is 11.7. The molecule has 0 amide bonds. The second-order valence-electron chi connectivity index (χ2n) is 9.16. The van der Waals surface area contributed by atoms with E-state index in [4.69, 9.17) is 15.9 Å². The zero-order chi connectivity index (χ0) is 25.3. The molecule has 0 radical (unpaired) electrons. The van der Waals surface area contributed by atoms with E-state index < -0.39 is 18.6 Å². The molecule has 1 aliphatic rings. The van der Waals surface area contributed by atoms with E-state index in [9.17, 15) is 13.9 Å². The van der Waals surface area contributed by atoms with Crippen molar-refractivity contribution in [2.45, 2.75) is 63.5 Å². The summed E-state index contributed by atoms with van der Waals surface area (Å²) >= 11 is 0. The van der Waals surface area contributed by atoms with E-state index in [0.717, 1.165) is 24.7 Å². The number of alkyl halides is 2. The summed E-state index contributed by atoms with van der Waals surface area (Å²) in [6, 6.07) is 7.38. The third-order valence-electron chi connectivity index (χ3n) is 6.71. The number of anilines is 1. The van der Waals surface area contributed by atoms with Crippen molar-refractivity contribution in [3.8, 4) is 0 Å². The highest BCUT2D eigenvalue weighted by Crippen LogP contribution is 2.34. The van der Waals surface area contributed by atoms with Crippen LogP contribution in [-0.2, 0) is 5.92 Å². The first kappa shape index (κ1) is 24.9. The quantitative estimate of drug-likeness (QED) is 0.256. The summed E-state index contributed by atoms with van der Waals surface area (Å²) in [6.45, 7) is 2.27. The fraction of sp³-hybridized carbons (Fsp3) is 0.440. The van der Waals surface area contributed by atoms with E-state index in [0.29, 0.717) is 41.1 Å². The number of aliphatic hydroxyl groups excluding tert-OH is 2. The van der Waals surface area contributed by atoms with Gasteiger partial charge in [-0.15, -0.1) is 0 Å². The van der Waals surface area contributed by atoms with Gasteiger partial charge in [0.1, 0.15) is 23.7 Å². The van der Waals surface area contributed by atoms with Crippen LogP contribution in [0.15, 0.2) is 30.3 Å². The highest BCUT2D eigenvalue weighted by atomic mass is 19.3. The van der Waals surface area contributed by atoms with Gasteiger partial charge in [-0.2, -0.15) is 8.78 Å². The predicted molar refractivity (Wildman–Crippen MR) is 129 cm³/mol. The number of rotatable bonds is 7. The van der Waals surface area contributed by atoms with Gasteiger partial charge in [0.2, 0.25) is 0 Å². The van der Waals surface area contributed by atoms with Crippen LogP contribution in [0.4, 0.5) is 14.6 Å². The summed E-state index contributed by atoms with van der Waals surface area (Å²) in [4.78, 5) is 9.03. The Morgan fingerprint density at radius 2 is 1.94 bits per heavy atom. The molecule has 3 aromatic rings. The Bertz CT molecular complexity index is 1300. The average Bonchev–Trinajstić information content (AvgIpc) is 2.84. The first-order valence-corrected chi connectivity index (χ1v) is 11.7. The number of nitrogens with zero attached hydrogens (tertiary/aromatic N) is 3. The third-order valence-corrected chi connectivity index (χ3v) is 6.71. The number of fused-ring (bicyclic) bond motifs is 1. The van der Waals surface area contributed by atoms with Gasteiger partial charge in [0, 0.05) is 11.6 Å². The van der Waals surface area contributed by atoms with Crippen LogP contribution in [0.2, 0.25) is 0 Å². The van der Waals surface area contributed by atoms with Crippen molar-refractivity contribution >= 4 is 23.2 Å². The smallest absolute Gasteiger partial charge is 0.295 e. The average molecular weight is 485 g/mol. The number of halogens is 2. The van der Waals surface area contributed by atoms with Crippen LogP contribution in [0.3, 0.4) is 0 Å². The number of aryl methyl sites for hydroxylation is 1. The van der Waals surface area contributed by atoms with Gasteiger partial charge < -0.3 is 15.5 Å². The van der Waals surface area contributed by atoms with Gasteiger partial charge in [-0.25, -0.2) is 9.97 Å². The molecule has 4 rings (SSSR count). The highest BCUT2D eigenvalue weighted by molar-refractivity contribution is 5.90. The van der Waals surface area contributed by atoms with Gasteiger partial charge >= 0.3 is 0 Å². The number of aromatic nitrogens is 3. The Labute approximate surface area is 201 Å². The summed E-state index contributed by atoms with van der Waals surface area (Å²) in [5.74, 6) is -2.34. The lowest BCUT2D eigenvalue weighted by atomic mass is 9.83. The summed E-state index contributed by atoms with van der Waals surface area (Å²) in [5.41, 5.74) is 1.69. The van der Waals surface area contributed by atoms with Gasteiger partial charge in [-0.1, -0.05) is 18.2 Å². The van der Waals surface area contributed by atoms with Gasteiger partial charge in [-0.05, 0) is 68.7 Å². The molecule has 2 aromatic heterocycles. The van der Waals surface area contributed by atoms with E-state index >= 15 is 0 Å². The van der Waals surface area contributed by atoms with Crippen LogP contribution >= 0.6 is 0 Å². The Hall–Kier alpha value is -3.24. The molecule has 0 bridgehead atoms. The number of pyridine rings is 1. The maximum atomic E-state index is 14.0. The van der Waals surface area contributed by atoms with Crippen molar-refractivity contribution < 1.29 is 19.0 Å². The number of benzene rings is 1. The Balaban J connectivity index is 1.78. The zero-order valence-corrected chi connectivity index (χ0v) is 19.7. The molecule has 0 unspecified atom stereocenters. The molecule has 0 saturated heterocycles. The minimum Gasteiger partial charge on any atom is -0.393 e. The summed E-state index contributed by atoms with van der Waals surface area (Å²) < 4.78 is 29.5. The second-order valence-corrected chi connectivity index (χ2v) is 9.16. The van der Waals surface area contributed by atoms with Crippen molar-refractivity contribution in [1.82, 2.24) is 14.5 Å². The fourth-order valence-corrected chi connectivity index (χ4v) is 4.70. The van der Waals surface area contributed by atoms with Crippen molar-refractivity contribution in [2.75, 3.05) is 11.9 Å². The molecular formula is C25H30F2N6O2. The predicted octanol–water partition coefficient (Wildman–Crippen LogP) is 3.95. The molecule has 0 spiro atoms. The molecule has 1 aromatic carbocycles. The standard InChI is InChI=1S/C25H30F2N6O2/c1-14(17-4-3-5-18(10-17)25(26,27)12-34)30-23-21-11-20(16-6-8-19(35)9-7-16)22(29)33(13-28)24(21)32-15(2)31-23/h3-5,10-11,13-14,16,19,28-29,34-35H,6-9,12H2,1-2H3,(H,30,31,32)/t14-,16?,19?/m1/s1. The molecule has 8 nitrogen and oxygen atoms in total. The molecule has 5 N–H and O–H groups in total. The van der Waals surface area contributed by atoms with E-state index in [-0.39, 0.29) is 23.1 Å². The monoisotopic (exact) mass is 484 g/mol. The lowest BCUT2D eigenvalue weighted by molar-refractivity contribution is -0.0556. The fourth-order valence-electron chi connectivity index (χ4n) is 4.70. The molecule has 1 atom stereocenters. The van der Waals surface area contributed by atoms with Crippen LogP contribution in [0.1, 0.15) is 67.1 Å². The van der Waals surface area contributed by atoms with E-state index in [1.807, 2.05) is 13.0 Å². The minimum absolute atomic E-state index is 0.0745. The van der Waals surface area contributed by atoms with Crippen LogP contribution < -0.4 is 10.8 Å². The topological polar surface area (TPSA) is 131 Å². The molecule has 2 heterocycles. The molecule has 10 heteroatoms. The van der Waals surface area contributed by atoms with Crippen molar-refractivity contribution in [1.29, 1.82) is 10.8 Å². The Morgan fingerprint density at radius 3 is 2.60 bits per heavy atom. The Morgan fingerprint density at radius 1 is 1.23 bits per heavy atom. The SMILES string of the molecule is Cc1nc(N[C@H](C)c2cccc(C(F)(F)CO)c2)c2cc(C3CCC(O)CC3)c(=N)n(C=N)c2n1. The molecule has 186 valence electrons. The van der Waals surface area contributed by atoms with Crippen LogP contribution in [0.25, 0.3) is 11.0 Å². The van der Waals surface area contributed by atoms with Crippen molar-refractivity contribution in [3.05, 3.63) is 58.3 Å². The second kappa shape index (κ2) is 9.79. The number of nitrogens with one attached hydrogen (secondary N) is 3. The van der Waals surface area contributed by atoms with E-state index in [1.54, 1.807) is 13.0 Å². The lowest BCUT2D eigenvalue weighted by Crippen LogP contribution is -2.29. The zero-order valence-electron chi connectivity index (χ0n) is 19.7. The largest absolute Gasteiger partial charge is 0.393 e. The summed E-state index contributed by atoms with van der Waals surface area (Å²) in [5, 5.41) is 39.5. The summed E-state index contributed by atoms with van der Waals surface area (Å²) in [7, 11) is 0. The molecule has 35 heavy (non-hydrogen) atoms. The first-order chi connectivity index (χ1) is 16.6. The van der Waals surface area contributed by atoms with Gasteiger partial charge in [0.25, 0.3) is 5.92 Å². The molecule has 1 saturated carbocycles.